The maximum absolute atomic E-state index is 15.1. The first kappa shape index (κ1) is 26.8. The molecule has 0 bridgehead atoms. The molecule has 0 aliphatic carbocycles. The Morgan fingerprint density at radius 3 is 2.37 bits per heavy atom. The molecule has 0 radical (unpaired) electrons. The van der Waals surface area contributed by atoms with Crippen LogP contribution in [0.3, 0.4) is 0 Å². The van der Waals surface area contributed by atoms with E-state index in [1.807, 2.05) is 81.1 Å². The topological polar surface area (TPSA) is 84.9 Å². The molecule has 7 heteroatoms. The van der Waals surface area contributed by atoms with Crippen LogP contribution in [0.1, 0.15) is 49.2 Å². The van der Waals surface area contributed by atoms with Crippen LogP contribution in [0.5, 0.6) is 11.5 Å². The molecule has 1 N–H and O–H groups in total. The lowest BCUT2D eigenvalue weighted by Gasteiger charge is -2.39. The van der Waals surface area contributed by atoms with E-state index >= 15 is 4.79 Å². The highest BCUT2D eigenvalue weighted by atomic mass is 16.5. The van der Waals surface area contributed by atoms with Crippen molar-refractivity contribution in [2.75, 3.05) is 24.4 Å². The Balaban J connectivity index is 1.72. The van der Waals surface area contributed by atoms with Gasteiger partial charge < -0.3 is 19.7 Å². The molecule has 0 saturated carbocycles. The Kier molecular flexibility index (Phi) is 6.10. The molecule has 7 nitrogen and oxygen atoms in total. The summed E-state index contributed by atoms with van der Waals surface area (Å²) >= 11 is 0. The molecule has 210 valence electrons. The number of nitrogens with one attached hydrogen (secondary N) is 1. The lowest BCUT2D eigenvalue weighted by Crippen LogP contribution is -2.51. The van der Waals surface area contributed by atoms with Gasteiger partial charge in [0.15, 0.2) is 11.6 Å². The number of carbonyl (C=O) groups excluding carboxylic acids is 3. The minimum Gasteiger partial charge on any atom is -0.497 e. The number of hydrogen-bond acceptors (Lipinski definition) is 6. The third-order valence-electron chi connectivity index (χ3n) is 8.85. The van der Waals surface area contributed by atoms with E-state index in [0.717, 1.165) is 16.8 Å². The maximum atomic E-state index is 15.1. The van der Waals surface area contributed by atoms with Gasteiger partial charge in [-0.2, -0.15) is 0 Å². The number of hydrogen-bond donors (Lipinski definition) is 1. The van der Waals surface area contributed by atoms with E-state index in [9.17, 15) is 9.59 Å². The predicted molar refractivity (Wildman–Crippen MR) is 159 cm³/mol. The van der Waals surface area contributed by atoms with Gasteiger partial charge in [-0.25, -0.2) is 0 Å². The second-order valence-corrected chi connectivity index (χ2v) is 12.1. The van der Waals surface area contributed by atoms with E-state index in [0.29, 0.717) is 22.7 Å². The lowest BCUT2D eigenvalue weighted by molar-refractivity contribution is -0.128. The average Bonchev–Trinajstić information content (AvgIpc) is 3.43. The first-order valence-electron chi connectivity index (χ1n) is 13.8. The molecule has 3 aliphatic rings. The monoisotopic (exact) mass is 550 g/mol. The summed E-state index contributed by atoms with van der Waals surface area (Å²) in [5.41, 5.74) is 2.28. The van der Waals surface area contributed by atoms with Gasteiger partial charge in [0, 0.05) is 22.4 Å². The number of ether oxygens (including phenoxy) is 2. The summed E-state index contributed by atoms with van der Waals surface area (Å²) in [5.74, 6) is -0.958. The number of fused-ring (bicyclic) bond motifs is 6. The fraction of sp³-hybridized carbons (Fsp3) is 0.324. The molecule has 1 saturated heterocycles. The van der Waals surface area contributed by atoms with Gasteiger partial charge in [0.2, 0.25) is 5.91 Å². The molecule has 3 aliphatic heterocycles. The molecule has 0 aromatic heterocycles. The molecule has 4 atom stereocenters. The SMILES string of the molecule is COc1ccc(OC)c(C(=O)C2C(C(=O)C(C)(C)C)N3c4ccccc4C(C)=CC3C23C(=O)Nc2ccccc23)c1. The van der Waals surface area contributed by atoms with Crippen molar-refractivity contribution in [3.8, 4) is 11.5 Å². The van der Waals surface area contributed by atoms with Gasteiger partial charge in [-0.3, -0.25) is 14.4 Å². The largest absolute Gasteiger partial charge is 0.497 e. The zero-order valence-electron chi connectivity index (χ0n) is 24.1. The van der Waals surface area contributed by atoms with E-state index in [2.05, 4.69) is 11.4 Å². The van der Waals surface area contributed by atoms with Crippen molar-refractivity contribution < 1.29 is 23.9 Å². The van der Waals surface area contributed by atoms with Crippen LogP contribution < -0.4 is 19.7 Å². The Labute approximate surface area is 240 Å². The van der Waals surface area contributed by atoms with Gasteiger partial charge in [-0.05, 0) is 48.4 Å². The van der Waals surface area contributed by atoms with E-state index in [1.165, 1.54) is 14.2 Å². The first-order valence-corrected chi connectivity index (χ1v) is 13.8. The Morgan fingerprint density at radius 2 is 1.66 bits per heavy atom. The summed E-state index contributed by atoms with van der Waals surface area (Å²) in [6.45, 7) is 7.61. The quantitative estimate of drug-likeness (QED) is 0.412. The summed E-state index contributed by atoms with van der Waals surface area (Å²) in [4.78, 5) is 46.2. The van der Waals surface area contributed by atoms with Gasteiger partial charge >= 0.3 is 0 Å². The molecule has 3 aromatic carbocycles. The normalized spacial score (nSPS) is 24.2. The smallest absolute Gasteiger partial charge is 0.238 e. The third-order valence-corrected chi connectivity index (χ3v) is 8.85. The van der Waals surface area contributed by atoms with Gasteiger partial charge in [-0.15, -0.1) is 0 Å². The summed E-state index contributed by atoms with van der Waals surface area (Å²) < 4.78 is 11.1. The summed E-state index contributed by atoms with van der Waals surface area (Å²) in [7, 11) is 3.04. The molecule has 4 unspecified atom stereocenters. The molecule has 6 rings (SSSR count). The molecule has 3 aromatic rings. The third kappa shape index (κ3) is 3.68. The number of Topliss-reactive ketones (excluding diaryl/α,β-unsaturated/α-hetero) is 2. The predicted octanol–water partition coefficient (Wildman–Crippen LogP) is 5.68. The summed E-state index contributed by atoms with van der Waals surface area (Å²) in [6.07, 6.45) is 2.06. The van der Waals surface area contributed by atoms with Crippen LogP contribution in [0, 0.1) is 11.3 Å². The van der Waals surface area contributed by atoms with Crippen LogP contribution >= 0.6 is 0 Å². The van der Waals surface area contributed by atoms with Crippen molar-refractivity contribution in [2.45, 2.75) is 45.2 Å². The fourth-order valence-electron chi connectivity index (χ4n) is 7.01. The molecule has 41 heavy (non-hydrogen) atoms. The van der Waals surface area contributed by atoms with Gasteiger partial charge in [0.05, 0.1) is 31.7 Å². The molecule has 1 spiro atoms. The van der Waals surface area contributed by atoms with Gasteiger partial charge in [-0.1, -0.05) is 63.2 Å². The van der Waals surface area contributed by atoms with E-state index in [4.69, 9.17) is 9.47 Å². The number of amides is 1. The van der Waals surface area contributed by atoms with Gasteiger partial charge in [0.1, 0.15) is 23.0 Å². The number of allylic oxidation sites excluding steroid dienone is 1. The first-order chi connectivity index (χ1) is 19.5. The minimum absolute atomic E-state index is 0.112. The van der Waals surface area contributed by atoms with Crippen LogP contribution in [0.4, 0.5) is 11.4 Å². The van der Waals surface area contributed by atoms with Crippen LogP contribution in [-0.4, -0.2) is 43.8 Å². The number of ketones is 2. The van der Waals surface area contributed by atoms with Crippen LogP contribution in [0.15, 0.2) is 72.8 Å². The second-order valence-electron chi connectivity index (χ2n) is 12.1. The van der Waals surface area contributed by atoms with Crippen molar-refractivity contribution in [3.05, 3.63) is 89.5 Å². The Bertz CT molecular complexity index is 1630. The van der Waals surface area contributed by atoms with Crippen LogP contribution in [0.2, 0.25) is 0 Å². The van der Waals surface area contributed by atoms with Crippen molar-refractivity contribution in [3.63, 3.8) is 0 Å². The highest BCUT2D eigenvalue weighted by Gasteiger charge is 2.71. The van der Waals surface area contributed by atoms with Crippen molar-refractivity contribution in [2.24, 2.45) is 11.3 Å². The van der Waals surface area contributed by atoms with Gasteiger partial charge in [0.25, 0.3) is 0 Å². The summed E-state index contributed by atoms with van der Waals surface area (Å²) in [6, 6.07) is 18.9. The van der Waals surface area contributed by atoms with Crippen LogP contribution in [0.25, 0.3) is 5.57 Å². The van der Waals surface area contributed by atoms with Crippen LogP contribution in [-0.2, 0) is 15.0 Å². The lowest BCUT2D eigenvalue weighted by atomic mass is 9.63. The molecule has 3 heterocycles. The van der Waals surface area contributed by atoms with E-state index in [-0.39, 0.29) is 23.0 Å². The Hall–Kier alpha value is -4.39. The minimum atomic E-state index is -1.37. The number of rotatable bonds is 5. The maximum Gasteiger partial charge on any atom is 0.238 e. The van der Waals surface area contributed by atoms with Crippen molar-refractivity contribution in [1.82, 2.24) is 0 Å². The molecular weight excluding hydrogens is 516 g/mol. The van der Waals surface area contributed by atoms with E-state index < -0.39 is 28.8 Å². The van der Waals surface area contributed by atoms with Crippen molar-refractivity contribution in [1.29, 1.82) is 0 Å². The summed E-state index contributed by atoms with van der Waals surface area (Å²) in [5, 5.41) is 3.07. The molecule has 1 fully saturated rings. The number of nitrogens with zero attached hydrogens (tertiary/aromatic N) is 1. The zero-order chi connectivity index (χ0) is 29.3. The molecular formula is C34H34N2O5. The second kappa shape index (κ2) is 9.33. The number of anilines is 2. The average molecular weight is 551 g/mol. The fourth-order valence-corrected chi connectivity index (χ4v) is 7.01. The van der Waals surface area contributed by atoms with E-state index in [1.54, 1.807) is 18.2 Å². The number of carbonyl (C=O) groups is 3. The highest BCUT2D eigenvalue weighted by Crippen LogP contribution is 2.59. The molecule has 1 amide bonds. The standard InChI is InChI=1S/C34H34N2O5/c1-19-17-27-34(23-12-8-9-13-24(23)35-32(34)39)28(30(37)22-18-20(40-5)15-16-26(22)41-6)29(31(38)33(2,3)4)36(27)25-14-10-7-11-21(19)25/h7-18,27-29H,1-6H3,(H,35,39). The highest BCUT2D eigenvalue weighted by molar-refractivity contribution is 6.17. The number of methoxy groups -OCH3 is 2. The zero-order valence-corrected chi connectivity index (χ0v) is 24.1. The number of benzene rings is 3. The van der Waals surface area contributed by atoms with Crippen molar-refractivity contribution >= 4 is 34.4 Å². The number of para-hydroxylation sites is 2. The Morgan fingerprint density at radius 1 is 0.951 bits per heavy atom.